The topological polar surface area (TPSA) is 20.3 Å². The molecule has 0 aliphatic carbocycles. The summed E-state index contributed by atoms with van der Waals surface area (Å²) in [4.78, 5) is 14.1. The molecule has 1 amide bonds. The fourth-order valence-corrected chi connectivity index (χ4v) is 2.69. The van der Waals surface area contributed by atoms with Crippen molar-refractivity contribution < 1.29 is 4.79 Å². The normalized spacial score (nSPS) is 12.5. The van der Waals surface area contributed by atoms with Crippen molar-refractivity contribution in [3.63, 3.8) is 0 Å². The molecule has 0 unspecified atom stereocenters. The largest absolute Gasteiger partial charge is 0.331 e. The van der Waals surface area contributed by atoms with E-state index >= 15 is 0 Å². The molecule has 0 bridgehead atoms. The Hall–Kier alpha value is -0.960. The van der Waals surface area contributed by atoms with Gasteiger partial charge < -0.3 is 4.90 Å². The maximum Gasteiger partial charge on any atom is 0.282 e. The Morgan fingerprint density at radius 1 is 1.22 bits per heavy atom. The van der Waals surface area contributed by atoms with Gasteiger partial charge >= 0.3 is 0 Å². The van der Waals surface area contributed by atoms with Crippen LogP contribution >= 0.6 is 11.8 Å². The lowest BCUT2D eigenvalue weighted by molar-refractivity contribution is 0.190. The highest BCUT2D eigenvalue weighted by molar-refractivity contribution is 8.12. The molecule has 0 fully saturated rings. The lowest BCUT2D eigenvalue weighted by atomic mass is 10.1. The third-order valence-corrected chi connectivity index (χ3v) is 4.20. The SMILES string of the molecule is CCN(C(=O)SCc1ccccc1)[C@@H](C)C(C)C. The summed E-state index contributed by atoms with van der Waals surface area (Å²) in [6.07, 6.45) is 0. The highest BCUT2D eigenvalue weighted by atomic mass is 32.2. The fraction of sp³-hybridized carbons (Fsp3) is 0.533. The van der Waals surface area contributed by atoms with Gasteiger partial charge in [-0.3, -0.25) is 4.79 Å². The predicted octanol–water partition coefficient (Wildman–Crippen LogP) is 4.41. The summed E-state index contributed by atoms with van der Waals surface area (Å²) in [5.74, 6) is 1.24. The number of hydrogen-bond donors (Lipinski definition) is 0. The first-order chi connectivity index (χ1) is 8.56. The summed E-state index contributed by atoms with van der Waals surface area (Å²) >= 11 is 1.39. The molecular weight excluding hydrogens is 242 g/mol. The Bertz CT molecular complexity index is 364. The van der Waals surface area contributed by atoms with Crippen LogP contribution in [-0.2, 0) is 5.75 Å². The second-order valence-corrected chi connectivity index (χ2v) is 5.74. The Kier molecular flexibility index (Phi) is 6.27. The first kappa shape index (κ1) is 15.1. The maximum absolute atomic E-state index is 12.2. The van der Waals surface area contributed by atoms with Crippen molar-refractivity contribution >= 4 is 17.0 Å². The molecule has 0 saturated heterocycles. The molecule has 1 aromatic carbocycles. The van der Waals surface area contributed by atoms with Gasteiger partial charge in [0.25, 0.3) is 5.24 Å². The monoisotopic (exact) mass is 265 g/mol. The van der Waals surface area contributed by atoms with Gasteiger partial charge in [-0.2, -0.15) is 0 Å². The Balaban J connectivity index is 2.53. The van der Waals surface area contributed by atoms with Gasteiger partial charge in [0.05, 0.1) is 0 Å². The molecule has 1 rings (SSSR count). The summed E-state index contributed by atoms with van der Waals surface area (Å²) in [7, 11) is 0. The Labute approximate surface area is 115 Å². The van der Waals surface area contributed by atoms with E-state index in [1.54, 1.807) is 0 Å². The number of hydrogen-bond acceptors (Lipinski definition) is 2. The third kappa shape index (κ3) is 4.37. The molecule has 0 heterocycles. The second-order valence-electron chi connectivity index (χ2n) is 4.81. The Morgan fingerprint density at radius 3 is 2.33 bits per heavy atom. The first-order valence-corrected chi connectivity index (χ1v) is 7.52. The summed E-state index contributed by atoms with van der Waals surface area (Å²) in [5, 5.41) is 0.183. The molecule has 100 valence electrons. The van der Waals surface area contributed by atoms with Crippen LogP contribution in [0.15, 0.2) is 30.3 Å². The molecule has 0 spiro atoms. The smallest absolute Gasteiger partial charge is 0.282 e. The summed E-state index contributed by atoms with van der Waals surface area (Å²) in [6.45, 7) is 9.25. The minimum absolute atomic E-state index is 0.183. The zero-order chi connectivity index (χ0) is 13.5. The number of nitrogens with zero attached hydrogens (tertiary/aromatic N) is 1. The van der Waals surface area contributed by atoms with Crippen LogP contribution in [0.4, 0.5) is 4.79 Å². The molecule has 0 aliphatic heterocycles. The van der Waals surface area contributed by atoms with Crippen LogP contribution < -0.4 is 0 Å². The van der Waals surface area contributed by atoms with E-state index in [2.05, 4.69) is 32.9 Å². The van der Waals surface area contributed by atoms with Crippen molar-refractivity contribution in [2.45, 2.75) is 39.5 Å². The van der Waals surface area contributed by atoms with E-state index in [-0.39, 0.29) is 5.24 Å². The van der Waals surface area contributed by atoms with E-state index in [1.807, 2.05) is 30.0 Å². The maximum atomic E-state index is 12.2. The van der Waals surface area contributed by atoms with Gasteiger partial charge in [-0.05, 0) is 25.3 Å². The first-order valence-electron chi connectivity index (χ1n) is 6.53. The number of benzene rings is 1. The van der Waals surface area contributed by atoms with Gasteiger partial charge in [0.15, 0.2) is 0 Å². The standard InChI is InChI=1S/C15H23NOS/c1-5-16(13(4)12(2)3)15(17)18-11-14-9-7-6-8-10-14/h6-10,12-13H,5,11H2,1-4H3/t13-/m0/s1. The van der Waals surface area contributed by atoms with Crippen molar-refractivity contribution in [2.75, 3.05) is 6.54 Å². The molecule has 18 heavy (non-hydrogen) atoms. The van der Waals surface area contributed by atoms with Gasteiger partial charge in [-0.25, -0.2) is 0 Å². The number of amides is 1. The molecule has 1 atom stereocenters. The minimum Gasteiger partial charge on any atom is -0.331 e. The van der Waals surface area contributed by atoms with Crippen LogP contribution in [-0.4, -0.2) is 22.7 Å². The van der Waals surface area contributed by atoms with Crippen molar-refractivity contribution in [3.8, 4) is 0 Å². The van der Waals surface area contributed by atoms with Crippen LogP contribution in [0.2, 0.25) is 0 Å². The molecule has 0 N–H and O–H groups in total. The summed E-state index contributed by atoms with van der Waals surface area (Å²) < 4.78 is 0. The predicted molar refractivity (Wildman–Crippen MR) is 79.8 cm³/mol. The third-order valence-electron chi connectivity index (χ3n) is 3.24. The zero-order valence-electron chi connectivity index (χ0n) is 11.7. The van der Waals surface area contributed by atoms with Crippen LogP contribution in [0.5, 0.6) is 0 Å². The number of carbonyl (C=O) groups excluding carboxylic acids is 1. The zero-order valence-corrected chi connectivity index (χ0v) is 12.5. The van der Waals surface area contributed by atoms with Gasteiger partial charge in [0, 0.05) is 18.3 Å². The van der Waals surface area contributed by atoms with E-state index in [9.17, 15) is 4.79 Å². The minimum atomic E-state index is 0.183. The van der Waals surface area contributed by atoms with Crippen LogP contribution in [0.1, 0.15) is 33.3 Å². The Morgan fingerprint density at radius 2 is 1.83 bits per heavy atom. The van der Waals surface area contributed by atoms with E-state index in [0.29, 0.717) is 12.0 Å². The summed E-state index contributed by atoms with van der Waals surface area (Å²) in [5.41, 5.74) is 1.20. The number of carbonyl (C=O) groups is 1. The van der Waals surface area contributed by atoms with E-state index in [1.165, 1.54) is 17.3 Å². The van der Waals surface area contributed by atoms with Gasteiger partial charge in [-0.1, -0.05) is 55.9 Å². The second kappa shape index (κ2) is 7.47. The molecule has 0 saturated carbocycles. The van der Waals surface area contributed by atoms with Crippen molar-refractivity contribution in [1.82, 2.24) is 4.90 Å². The molecular formula is C15H23NOS. The van der Waals surface area contributed by atoms with Crippen molar-refractivity contribution in [2.24, 2.45) is 5.92 Å². The van der Waals surface area contributed by atoms with E-state index in [0.717, 1.165) is 12.3 Å². The van der Waals surface area contributed by atoms with E-state index < -0.39 is 0 Å². The summed E-state index contributed by atoms with van der Waals surface area (Å²) in [6, 6.07) is 10.4. The average molecular weight is 265 g/mol. The fourth-order valence-electron chi connectivity index (χ4n) is 1.75. The highest BCUT2D eigenvalue weighted by Gasteiger charge is 2.21. The van der Waals surface area contributed by atoms with Crippen LogP contribution in [0.3, 0.4) is 0 Å². The lowest BCUT2D eigenvalue weighted by Crippen LogP contribution is -2.39. The average Bonchev–Trinajstić information content (AvgIpc) is 2.38. The van der Waals surface area contributed by atoms with Gasteiger partial charge in [0.2, 0.25) is 0 Å². The van der Waals surface area contributed by atoms with Gasteiger partial charge in [-0.15, -0.1) is 0 Å². The van der Waals surface area contributed by atoms with Crippen molar-refractivity contribution in [1.29, 1.82) is 0 Å². The molecule has 0 radical (unpaired) electrons. The quantitative estimate of drug-likeness (QED) is 0.786. The van der Waals surface area contributed by atoms with Crippen LogP contribution in [0, 0.1) is 5.92 Å². The van der Waals surface area contributed by atoms with E-state index in [4.69, 9.17) is 0 Å². The van der Waals surface area contributed by atoms with Crippen LogP contribution in [0.25, 0.3) is 0 Å². The number of thioether (sulfide) groups is 1. The van der Waals surface area contributed by atoms with Gasteiger partial charge in [0.1, 0.15) is 0 Å². The molecule has 0 aromatic heterocycles. The molecule has 2 nitrogen and oxygen atoms in total. The molecule has 3 heteroatoms. The van der Waals surface area contributed by atoms with Crippen molar-refractivity contribution in [3.05, 3.63) is 35.9 Å². The number of rotatable bonds is 5. The molecule has 1 aromatic rings. The lowest BCUT2D eigenvalue weighted by Gasteiger charge is -2.30. The highest BCUT2D eigenvalue weighted by Crippen LogP contribution is 2.20. The molecule has 0 aliphatic rings.